The molecule has 3 nitrogen and oxygen atoms in total. The van der Waals surface area contributed by atoms with Gasteiger partial charge >= 0.3 is 0 Å². The predicted octanol–water partition coefficient (Wildman–Crippen LogP) is 5.02. The average Bonchev–Trinajstić information content (AvgIpc) is 3.12. The van der Waals surface area contributed by atoms with Crippen LogP contribution in [0, 0.1) is 0 Å². The van der Waals surface area contributed by atoms with Crippen molar-refractivity contribution in [2.45, 2.75) is 26.2 Å². The first-order chi connectivity index (χ1) is 9.90. The van der Waals surface area contributed by atoms with Crippen LogP contribution >= 0.6 is 22.7 Å². The monoisotopic (exact) mass is 303 g/mol. The van der Waals surface area contributed by atoms with Crippen molar-refractivity contribution in [3.63, 3.8) is 0 Å². The molecule has 0 fully saturated rings. The number of aromatic nitrogens is 2. The van der Waals surface area contributed by atoms with Crippen molar-refractivity contribution >= 4 is 38.7 Å². The van der Waals surface area contributed by atoms with Crippen LogP contribution in [0.1, 0.15) is 26.2 Å². The van der Waals surface area contributed by atoms with Crippen molar-refractivity contribution in [1.29, 1.82) is 0 Å². The maximum Gasteiger partial charge on any atom is 0.138 e. The highest BCUT2D eigenvalue weighted by Crippen LogP contribution is 2.38. The summed E-state index contributed by atoms with van der Waals surface area (Å²) in [4.78, 5) is 11.2. The van der Waals surface area contributed by atoms with Gasteiger partial charge in [0.05, 0.1) is 5.39 Å². The lowest BCUT2D eigenvalue weighted by molar-refractivity contribution is 0.742. The molecule has 3 rings (SSSR count). The van der Waals surface area contributed by atoms with E-state index in [-0.39, 0.29) is 0 Å². The highest BCUT2D eigenvalue weighted by atomic mass is 32.1. The number of rotatable bonds is 6. The van der Waals surface area contributed by atoms with Crippen LogP contribution in [-0.2, 0) is 0 Å². The fraction of sp³-hybridized carbons (Fsp3) is 0.333. The summed E-state index contributed by atoms with van der Waals surface area (Å²) >= 11 is 3.45. The van der Waals surface area contributed by atoms with Crippen molar-refractivity contribution in [1.82, 2.24) is 9.97 Å². The van der Waals surface area contributed by atoms with Gasteiger partial charge < -0.3 is 5.32 Å². The number of unbranched alkanes of at least 4 members (excludes halogenated alkanes) is 2. The van der Waals surface area contributed by atoms with Gasteiger partial charge in [0.2, 0.25) is 0 Å². The van der Waals surface area contributed by atoms with Crippen LogP contribution in [0.15, 0.2) is 29.2 Å². The van der Waals surface area contributed by atoms with E-state index in [1.165, 1.54) is 29.7 Å². The lowest BCUT2D eigenvalue weighted by atomic mass is 10.2. The topological polar surface area (TPSA) is 37.8 Å². The van der Waals surface area contributed by atoms with Gasteiger partial charge in [-0.1, -0.05) is 25.8 Å². The third-order valence-electron chi connectivity index (χ3n) is 3.23. The zero-order valence-corrected chi connectivity index (χ0v) is 13.1. The van der Waals surface area contributed by atoms with Crippen molar-refractivity contribution in [3.05, 3.63) is 29.2 Å². The van der Waals surface area contributed by atoms with Crippen molar-refractivity contribution in [3.8, 4) is 10.4 Å². The van der Waals surface area contributed by atoms with Crippen LogP contribution in [-0.4, -0.2) is 16.5 Å². The standard InChI is InChI=1S/C15H17N3S2/c1-2-3-4-7-16-14-13-11(12-6-5-8-19-12)9-20-15(13)18-10-17-14/h5-6,8-10H,2-4,7H2,1H3,(H,16,17,18). The maximum atomic E-state index is 4.44. The highest BCUT2D eigenvalue weighted by Gasteiger charge is 2.13. The molecule has 3 aromatic heterocycles. The minimum Gasteiger partial charge on any atom is -0.369 e. The Labute approximate surface area is 126 Å². The smallest absolute Gasteiger partial charge is 0.138 e. The van der Waals surface area contributed by atoms with Crippen molar-refractivity contribution < 1.29 is 0 Å². The Morgan fingerprint density at radius 1 is 1.20 bits per heavy atom. The Kier molecular flexibility index (Phi) is 4.28. The molecule has 0 aliphatic carbocycles. The molecular formula is C15H17N3S2. The number of hydrogen-bond donors (Lipinski definition) is 1. The van der Waals surface area contributed by atoms with E-state index in [0.29, 0.717) is 0 Å². The molecule has 0 amide bonds. The lowest BCUT2D eigenvalue weighted by Crippen LogP contribution is -2.03. The fourth-order valence-corrected chi connectivity index (χ4v) is 3.93. The lowest BCUT2D eigenvalue weighted by Gasteiger charge is -2.07. The summed E-state index contributed by atoms with van der Waals surface area (Å²) in [5.41, 5.74) is 1.25. The molecule has 5 heteroatoms. The molecule has 0 bridgehead atoms. The normalized spacial score (nSPS) is 11.1. The van der Waals surface area contributed by atoms with E-state index in [0.717, 1.165) is 22.6 Å². The summed E-state index contributed by atoms with van der Waals surface area (Å²) < 4.78 is 0. The molecule has 0 saturated carbocycles. The Morgan fingerprint density at radius 3 is 2.95 bits per heavy atom. The first-order valence-corrected chi connectivity index (χ1v) is 8.66. The van der Waals surface area contributed by atoms with Crippen LogP contribution in [0.4, 0.5) is 5.82 Å². The summed E-state index contributed by atoms with van der Waals surface area (Å²) in [5, 5.41) is 8.93. The van der Waals surface area contributed by atoms with Crippen LogP contribution in [0.5, 0.6) is 0 Å². The molecule has 0 saturated heterocycles. The molecule has 0 radical (unpaired) electrons. The van der Waals surface area contributed by atoms with Crippen LogP contribution < -0.4 is 5.32 Å². The van der Waals surface area contributed by atoms with Gasteiger partial charge in [-0.3, -0.25) is 0 Å². The SMILES string of the molecule is CCCCCNc1ncnc2scc(-c3cccs3)c12. The molecule has 1 N–H and O–H groups in total. The van der Waals surface area contributed by atoms with Crippen molar-refractivity contribution in [2.24, 2.45) is 0 Å². The number of nitrogens with one attached hydrogen (secondary N) is 1. The van der Waals surface area contributed by atoms with Gasteiger partial charge in [-0.15, -0.1) is 22.7 Å². The van der Waals surface area contributed by atoms with E-state index in [1.807, 2.05) is 0 Å². The van der Waals surface area contributed by atoms with Gasteiger partial charge in [-0.05, 0) is 17.9 Å². The zero-order chi connectivity index (χ0) is 13.8. The van der Waals surface area contributed by atoms with E-state index < -0.39 is 0 Å². The Balaban J connectivity index is 1.93. The van der Waals surface area contributed by atoms with Crippen LogP contribution in [0.2, 0.25) is 0 Å². The van der Waals surface area contributed by atoms with E-state index in [4.69, 9.17) is 0 Å². The van der Waals surface area contributed by atoms with Gasteiger partial charge in [-0.2, -0.15) is 0 Å². The summed E-state index contributed by atoms with van der Waals surface area (Å²) in [6.45, 7) is 3.19. The molecule has 0 spiro atoms. The Morgan fingerprint density at radius 2 is 2.15 bits per heavy atom. The largest absolute Gasteiger partial charge is 0.369 e. The molecular weight excluding hydrogens is 286 g/mol. The second-order valence-electron chi connectivity index (χ2n) is 4.66. The summed E-state index contributed by atoms with van der Waals surface area (Å²) in [7, 11) is 0. The minimum atomic E-state index is 0.968. The Bertz CT molecular complexity index is 674. The van der Waals surface area contributed by atoms with Gasteiger partial charge in [0, 0.05) is 22.4 Å². The second-order valence-corrected chi connectivity index (χ2v) is 6.47. The molecule has 0 aromatic carbocycles. The number of fused-ring (bicyclic) bond motifs is 1. The van der Waals surface area contributed by atoms with Crippen molar-refractivity contribution in [2.75, 3.05) is 11.9 Å². The summed E-state index contributed by atoms with van der Waals surface area (Å²) in [5.74, 6) is 0.968. The number of anilines is 1. The molecule has 0 atom stereocenters. The third kappa shape index (κ3) is 2.69. The van der Waals surface area contributed by atoms with E-state index in [9.17, 15) is 0 Å². The third-order valence-corrected chi connectivity index (χ3v) is 5.02. The molecule has 20 heavy (non-hydrogen) atoms. The first-order valence-electron chi connectivity index (χ1n) is 6.90. The molecule has 0 aliphatic rings. The van der Waals surface area contributed by atoms with E-state index in [1.54, 1.807) is 29.0 Å². The zero-order valence-electron chi connectivity index (χ0n) is 11.4. The van der Waals surface area contributed by atoms with Gasteiger partial charge in [0.1, 0.15) is 17.0 Å². The van der Waals surface area contributed by atoms with E-state index >= 15 is 0 Å². The Hall–Kier alpha value is -1.46. The van der Waals surface area contributed by atoms with Crippen LogP contribution in [0.3, 0.4) is 0 Å². The number of hydrogen-bond acceptors (Lipinski definition) is 5. The number of nitrogens with zero attached hydrogens (tertiary/aromatic N) is 2. The summed E-state index contributed by atoms with van der Waals surface area (Å²) in [6, 6.07) is 4.24. The number of thiophene rings is 2. The molecule has 0 aliphatic heterocycles. The van der Waals surface area contributed by atoms with E-state index in [2.05, 4.69) is 45.1 Å². The second kappa shape index (κ2) is 6.33. The molecule has 0 unspecified atom stereocenters. The van der Waals surface area contributed by atoms with Gasteiger partial charge in [0.25, 0.3) is 0 Å². The predicted molar refractivity (Wildman–Crippen MR) is 88.7 cm³/mol. The summed E-state index contributed by atoms with van der Waals surface area (Å²) in [6.07, 6.45) is 5.32. The average molecular weight is 303 g/mol. The first kappa shape index (κ1) is 13.5. The highest BCUT2D eigenvalue weighted by molar-refractivity contribution is 7.18. The minimum absolute atomic E-state index is 0.968. The molecule has 104 valence electrons. The molecule has 3 heterocycles. The maximum absolute atomic E-state index is 4.44. The fourth-order valence-electron chi connectivity index (χ4n) is 2.20. The quantitative estimate of drug-likeness (QED) is 0.650. The van der Waals surface area contributed by atoms with Gasteiger partial charge in [0.15, 0.2) is 0 Å². The van der Waals surface area contributed by atoms with Gasteiger partial charge in [-0.25, -0.2) is 9.97 Å². The molecule has 3 aromatic rings. The van der Waals surface area contributed by atoms with Crippen LogP contribution in [0.25, 0.3) is 20.7 Å².